The molecule has 1 aromatic heterocycles. The van der Waals surface area contributed by atoms with Crippen molar-refractivity contribution in [1.82, 2.24) is 14.9 Å². The Labute approximate surface area is 193 Å². The molecule has 0 bridgehead atoms. The first-order valence-electron chi connectivity index (χ1n) is 10.9. The third-order valence-electron chi connectivity index (χ3n) is 5.51. The fourth-order valence-electron chi connectivity index (χ4n) is 3.44. The van der Waals surface area contributed by atoms with Crippen LogP contribution >= 0.6 is 0 Å². The molecule has 0 radical (unpaired) electrons. The number of carbonyl (C=O) groups is 1. The minimum atomic E-state index is -1.23. The highest BCUT2D eigenvalue weighted by atomic mass is 28.3. The van der Waals surface area contributed by atoms with E-state index in [-0.39, 0.29) is 30.1 Å². The number of aromatic nitrogens is 2. The quantitative estimate of drug-likeness (QED) is 0.307. The smallest absolute Gasteiger partial charge is 0.409 e. The van der Waals surface area contributed by atoms with Gasteiger partial charge < -0.3 is 14.4 Å². The van der Waals surface area contributed by atoms with E-state index < -0.39 is 18.8 Å². The lowest BCUT2D eigenvalue weighted by molar-refractivity contribution is -0.385. The summed E-state index contributed by atoms with van der Waals surface area (Å²) in [6, 6.07) is 4.16. The van der Waals surface area contributed by atoms with Gasteiger partial charge in [-0.2, -0.15) is 0 Å². The van der Waals surface area contributed by atoms with E-state index in [1.807, 2.05) is 0 Å². The second-order valence-corrected chi connectivity index (χ2v) is 14.9. The summed E-state index contributed by atoms with van der Waals surface area (Å²) in [5.41, 5.74) is 0.637. The van der Waals surface area contributed by atoms with E-state index in [1.165, 1.54) is 12.1 Å². The van der Waals surface area contributed by atoms with Crippen LogP contribution in [0, 0.1) is 15.9 Å². The molecule has 1 aliphatic rings. The molecule has 1 fully saturated rings. The SMILES string of the molecule is C[Si](C)(C)CCOC(=O)N1CCC(c2cnc(COc3ccc([N+](=O)[O-])cc3F)nc2)CC1. The molecule has 0 spiro atoms. The molecule has 0 saturated carbocycles. The Bertz CT molecular complexity index is 976. The Balaban J connectivity index is 1.46. The Morgan fingerprint density at radius 1 is 1.24 bits per heavy atom. The molecular formula is C22H29FN4O5Si. The molecule has 1 amide bonds. The molecule has 9 nitrogen and oxygen atoms in total. The lowest BCUT2D eigenvalue weighted by Crippen LogP contribution is -2.39. The maximum atomic E-state index is 13.9. The number of nitrogens with zero attached hydrogens (tertiary/aromatic N) is 4. The largest absolute Gasteiger partial charge is 0.483 e. The van der Waals surface area contributed by atoms with Gasteiger partial charge in [0, 0.05) is 39.6 Å². The monoisotopic (exact) mass is 476 g/mol. The standard InChI is InChI=1S/C22H29FN4O5Si/c1-33(2,3)11-10-31-22(28)26-8-6-16(7-9-26)17-13-24-21(25-14-17)15-32-20-5-4-18(27(29)30)12-19(20)23/h4-5,12-14,16H,6-11,15H2,1-3H3. The third kappa shape index (κ3) is 7.21. The molecule has 2 heterocycles. The van der Waals surface area contributed by atoms with Gasteiger partial charge in [0.25, 0.3) is 5.69 Å². The van der Waals surface area contributed by atoms with Crippen molar-refractivity contribution >= 4 is 19.9 Å². The minimum absolute atomic E-state index is 0.0588. The zero-order chi connectivity index (χ0) is 24.0. The van der Waals surface area contributed by atoms with Crippen LogP contribution in [0.3, 0.4) is 0 Å². The number of benzene rings is 1. The molecule has 3 rings (SSSR count). The normalized spacial score (nSPS) is 14.7. The predicted molar refractivity (Wildman–Crippen MR) is 122 cm³/mol. The lowest BCUT2D eigenvalue weighted by atomic mass is 9.91. The molecule has 2 aromatic rings. The number of halogens is 1. The van der Waals surface area contributed by atoms with Gasteiger partial charge in [0.15, 0.2) is 17.4 Å². The fourth-order valence-corrected chi connectivity index (χ4v) is 4.16. The van der Waals surface area contributed by atoms with Crippen LogP contribution in [0.2, 0.25) is 25.7 Å². The molecule has 1 aromatic carbocycles. The Morgan fingerprint density at radius 3 is 2.48 bits per heavy atom. The van der Waals surface area contributed by atoms with Crippen LogP contribution in [0.25, 0.3) is 0 Å². The molecular weight excluding hydrogens is 447 g/mol. The number of amides is 1. The summed E-state index contributed by atoms with van der Waals surface area (Å²) in [4.78, 5) is 32.6. The molecule has 0 N–H and O–H groups in total. The third-order valence-corrected chi connectivity index (χ3v) is 7.21. The van der Waals surface area contributed by atoms with Gasteiger partial charge in [-0.3, -0.25) is 10.1 Å². The topological polar surface area (TPSA) is 108 Å². The van der Waals surface area contributed by atoms with Crippen molar-refractivity contribution < 1.29 is 23.6 Å². The molecule has 33 heavy (non-hydrogen) atoms. The zero-order valence-electron chi connectivity index (χ0n) is 19.1. The second kappa shape index (κ2) is 10.7. The van der Waals surface area contributed by atoms with Crippen molar-refractivity contribution in [2.45, 2.75) is 51.1 Å². The lowest BCUT2D eigenvalue weighted by Gasteiger charge is -2.31. The number of hydrogen-bond acceptors (Lipinski definition) is 7. The van der Waals surface area contributed by atoms with E-state index in [9.17, 15) is 19.3 Å². The van der Waals surface area contributed by atoms with Crippen LogP contribution in [0.1, 0.15) is 30.1 Å². The number of hydrogen-bond donors (Lipinski definition) is 0. The van der Waals surface area contributed by atoms with Crippen LogP contribution in [0.4, 0.5) is 14.9 Å². The first-order chi connectivity index (χ1) is 15.6. The average molecular weight is 477 g/mol. The van der Waals surface area contributed by atoms with E-state index in [2.05, 4.69) is 29.6 Å². The first kappa shape index (κ1) is 24.6. The molecule has 1 saturated heterocycles. The van der Waals surface area contributed by atoms with Crippen LogP contribution in [-0.4, -0.2) is 53.7 Å². The summed E-state index contributed by atoms with van der Waals surface area (Å²) in [6.07, 6.45) is 4.82. The Hall–Kier alpha value is -3.08. The average Bonchev–Trinajstić information content (AvgIpc) is 2.77. The van der Waals surface area contributed by atoms with E-state index in [4.69, 9.17) is 9.47 Å². The Morgan fingerprint density at radius 2 is 1.91 bits per heavy atom. The minimum Gasteiger partial charge on any atom is -0.483 e. The maximum Gasteiger partial charge on any atom is 0.409 e. The predicted octanol–water partition coefficient (Wildman–Crippen LogP) is 4.76. The van der Waals surface area contributed by atoms with Gasteiger partial charge in [-0.25, -0.2) is 19.2 Å². The van der Waals surface area contributed by atoms with Gasteiger partial charge in [0.1, 0.15) is 6.61 Å². The second-order valence-electron chi connectivity index (χ2n) is 9.28. The van der Waals surface area contributed by atoms with Crippen molar-refractivity contribution in [1.29, 1.82) is 0 Å². The number of ether oxygens (including phenoxy) is 2. The summed E-state index contributed by atoms with van der Waals surface area (Å²) in [5, 5.41) is 10.7. The number of carbonyl (C=O) groups excluding carboxylic acids is 1. The highest BCUT2D eigenvalue weighted by molar-refractivity contribution is 6.76. The van der Waals surface area contributed by atoms with Crippen molar-refractivity contribution in [3.63, 3.8) is 0 Å². The van der Waals surface area contributed by atoms with Gasteiger partial charge in [-0.05, 0) is 36.4 Å². The van der Waals surface area contributed by atoms with Crippen LogP contribution < -0.4 is 4.74 Å². The summed E-state index contributed by atoms with van der Waals surface area (Å²) in [5.74, 6) is -0.290. The summed E-state index contributed by atoms with van der Waals surface area (Å²) < 4.78 is 24.7. The van der Waals surface area contributed by atoms with Gasteiger partial charge in [0.05, 0.1) is 17.6 Å². The molecule has 0 atom stereocenters. The fraction of sp³-hybridized carbons (Fsp3) is 0.500. The van der Waals surface area contributed by atoms with Crippen molar-refractivity contribution in [3.8, 4) is 5.75 Å². The van der Waals surface area contributed by atoms with Crippen molar-refractivity contribution in [2.24, 2.45) is 0 Å². The van der Waals surface area contributed by atoms with E-state index >= 15 is 0 Å². The van der Waals surface area contributed by atoms with Crippen molar-refractivity contribution in [2.75, 3.05) is 19.7 Å². The molecule has 1 aliphatic heterocycles. The van der Waals surface area contributed by atoms with Crippen LogP contribution in [0.15, 0.2) is 30.6 Å². The van der Waals surface area contributed by atoms with Crippen molar-refractivity contribution in [3.05, 3.63) is 57.9 Å². The Kier molecular flexibility index (Phi) is 7.95. The summed E-state index contributed by atoms with van der Waals surface area (Å²) >= 11 is 0. The summed E-state index contributed by atoms with van der Waals surface area (Å²) in [7, 11) is -1.23. The number of nitro groups is 1. The number of likely N-dealkylation sites (tertiary alicyclic amines) is 1. The zero-order valence-corrected chi connectivity index (χ0v) is 20.1. The highest BCUT2D eigenvalue weighted by Crippen LogP contribution is 2.28. The molecule has 11 heteroatoms. The van der Waals surface area contributed by atoms with Gasteiger partial charge in [0.2, 0.25) is 0 Å². The van der Waals surface area contributed by atoms with Crippen LogP contribution in [-0.2, 0) is 11.3 Å². The highest BCUT2D eigenvalue weighted by Gasteiger charge is 2.25. The molecule has 178 valence electrons. The number of piperidine rings is 1. The van der Waals surface area contributed by atoms with Gasteiger partial charge in [-0.15, -0.1) is 0 Å². The summed E-state index contributed by atoms with van der Waals surface area (Å²) in [6.45, 7) is 8.42. The van der Waals surface area contributed by atoms with E-state index in [1.54, 1.807) is 17.3 Å². The van der Waals surface area contributed by atoms with Crippen LogP contribution in [0.5, 0.6) is 5.75 Å². The number of nitro benzene ring substituents is 1. The molecule has 0 aliphatic carbocycles. The van der Waals surface area contributed by atoms with Gasteiger partial charge >= 0.3 is 6.09 Å². The molecule has 0 unspecified atom stereocenters. The number of non-ortho nitro benzene ring substituents is 1. The maximum absolute atomic E-state index is 13.9. The van der Waals surface area contributed by atoms with E-state index in [0.29, 0.717) is 25.5 Å². The first-order valence-corrected chi connectivity index (χ1v) is 14.6. The van der Waals surface area contributed by atoms with E-state index in [0.717, 1.165) is 30.5 Å². The number of rotatable bonds is 8. The van der Waals surface area contributed by atoms with Gasteiger partial charge in [-0.1, -0.05) is 19.6 Å².